The predicted octanol–water partition coefficient (Wildman–Crippen LogP) is 3.46. The lowest BCUT2D eigenvalue weighted by Crippen LogP contribution is -2.49. The molecule has 0 spiro atoms. The minimum atomic E-state index is -3.65. The van der Waals surface area contributed by atoms with Crippen LogP contribution in [0.2, 0.25) is 5.15 Å². The predicted molar refractivity (Wildman–Crippen MR) is 174 cm³/mol. The van der Waals surface area contributed by atoms with Crippen molar-refractivity contribution in [3.05, 3.63) is 35.4 Å². The first-order valence-electron chi connectivity index (χ1n) is 16.6. The molecule has 4 aliphatic rings. The summed E-state index contributed by atoms with van der Waals surface area (Å²) in [5.74, 6) is 1.26. The molecule has 45 heavy (non-hydrogen) atoms. The number of rotatable bonds is 8. The van der Waals surface area contributed by atoms with Gasteiger partial charge in [-0.1, -0.05) is 18.5 Å². The van der Waals surface area contributed by atoms with E-state index in [1.54, 1.807) is 21.1 Å². The molecule has 250 valence electrons. The maximum atomic E-state index is 13.6. The third-order valence-corrected chi connectivity index (χ3v) is 15.0. The van der Waals surface area contributed by atoms with Crippen molar-refractivity contribution < 1.29 is 16.8 Å². The molecular weight excluding hydrogens is 634 g/mol. The third-order valence-electron chi connectivity index (χ3n) is 10.8. The molecule has 11 nitrogen and oxygen atoms in total. The van der Waals surface area contributed by atoms with E-state index >= 15 is 0 Å². The van der Waals surface area contributed by atoms with E-state index in [-0.39, 0.29) is 15.2 Å². The molecule has 2 aromatic rings. The van der Waals surface area contributed by atoms with Gasteiger partial charge in [0.05, 0.1) is 0 Å². The Morgan fingerprint density at radius 2 is 1.29 bits per heavy atom. The molecular formula is C31H48ClN7O4S2. The van der Waals surface area contributed by atoms with E-state index in [0.29, 0.717) is 44.2 Å². The van der Waals surface area contributed by atoms with Crippen molar-refractivity contribution in [3.63, 3.8) is 0 Å². The van der Waals surface area contributed by atoms with Gasteiger partial charge in [0, 0.05) is 63.4 Å². The van der Waals surface area contributed by atoms with E-state index < -0.39 is 20.0 Å². The number of likely N-dealkylation sites (tertiary alicyclic amines) is 2. The van der Waals surface area contributed by atoms with Crippen LogP contribution in [-0.4, -0.2) is 114 Å². The van der Waals surface area contributed by atoms with Gasteiger partial charge in [0.15, 0.2) is 0 Å². The fraction of sp³-hybridized carbons (Fsp3) is 0.742. The van der Waals surface area contributed by atoms with Gasteiger partial charge in [-0.25, -0.2) is 26.8 Å². The minimum Gasteiger partial charge on any atom is -0.321 e. The third kappa shape index (κ3) is 7.14. The van der Waals surface area contributed by atoms with Crippen LogP contribution >= 0.6 is 11.6 Å². The second-order valence-electron chi connectivity index (χ2n) is 13.6. The lowest BCUT2D eigenvalue weighted by molar-refractivity contribution is 0.0966. The van der Waals surface area contributed by atoms with Crippen LogP contribution in [0.5, 0.6) is 0 Å². The fourth-order valence-electron chi connectivity index (χ4n) is 7.78. The van der Waals surface area contributed by atoms with Gasteiger partial charge in [0.25, 0.3) is 10.0 Å². The van der Waals surface area contributed by atoms with E-state index in [9.17, 15) is 16.8 Å². The number of aromatic nitrogens is 3. The van der Waals surface area contributed by atoms with Crippen molar-refractivity contribution in [2.24, 2.45) is 18.9 Å². The topological polar surface area (TPSA) is 112 Å². The largest absolute Gasteiger partial charge is 0.321 e. The summed E-state index contributed by atoms with van der Waals surface area (Å²) in [7, 11) is -5.45. The normalized spacial score (nSPS) is 24.0. The zero-order chi connectivity index (χ0) is 31.8. The molecule has 14 heteroatoms. The Bertz CT molecular complexity index is 1520. The van der Waals surface area contributed by atoms with E-state index in [2.05, 4.69) is 26.7 Å². The molecule has 4 aliphatic heterocycles. The number of nitrogens with zero attached hydrogens (tertiary/aromatic N) is 7. The first kappa shape index (κ1) is 33.3. The van der Waals surface area contributed by atoms with E-state index in [4.69, 9.17) is 11.6 Å². The Morgan fingerprint density at radius 3 is 1.84 bits per heavy atom. The SMILES string of the molecule is CC1CCN(C2CCN(S(=O)(=O)c3ncc(CC4CCN(C5CCN(S(=O)(=O)c6cccnc6Cl)CC5)CC4)n3C)CC2)CC1. The van der Waals surface area contributed by atoms with Gasteiger partial charge in [-0.3, -0.25) is 0 Å². The Labute approximate surface area is 274 Å². The maximum Gasteiger partial charge on any atom is 0.277 e. The van der Waals surface area contributed by atoms with E-state index in [0.717, 1.165) is 82.7 Å². The summed E-state index contributed by atoms with van der Waals surface area (Å²) < 4.78 is 58.4. The smallest absolute Gasteiger partial charge is 0.277 e. The Balaban J connectivity index is 0.977. The second kappa shape index (κ2) is 13.9. The Kier molecular flexibility index (Phi) is 10.3. The highest BCUT2D eigenvalue weighted by Gasteiger charge is 2.37. The van der Waals surface area contributed by atoms with Gasteiger partial charge in [0.1, 0.15) is 10.0 Å². The first-order chi connectivity index (χ1) is 21.5. The van der Waals surface area contributed by atoms with Crippen LogP contribution in [0.3, 0.4) is 0 Å². The number of halogens is 1. The van der Waals surface area contributed by atoms with Gasteiger partial charge >= 0.3 is 0 Å². The van der Waals surface area contributed by atoms with Crippen LogP contribution in [0.25, 0.3) is 0 Å². The lowest BCUT2D eigenvalue weighted by Gasteiger charge is -2.41. The zero-order valence-electron chi connectivity index (χ0n) is 26.6. The second-order valence-corrected chi connectivity index (χ2v) is 17.7. The molecule has 0 saturated carbocycles. The summed E-state index contributed by atoms with van der Waals surface area (Å²) in [6.07, 6.45) is 11.9. The average molecular weight is 682 g/mol. The molecule has 0 radical (unpaired) electrons. The number of piperidine rings is 4. The van der Waals surface area contributed by atoms with Crippen LogP contribution < -0.4 is 0 Å². The van der Waals surface area contributed by atoms with Crippen LogP contribution in [0.15, 0.2) is 34.6 Å². The van der Waals surface area contributed by atoms with Crippen LogP contribution in [0.1, 0.15) is 64.0 Å². The molecule has 0 bridgehead atoms. The molecule has 0 amide bonds. The van der Waals surface area contributed by atoms with Crippen molar-refractivity contribution in [3.8, 4) is 0 Å². The van der Waals surface area contributed by atoms with Gasteiger partial charge in [0.2, 0.25) is 15.2 Å². The van der Waals surface area contributed by atoms with Crippen LogP contribution in [-0.2, 0) is 33.5 Å². The molecule has 0 atom stereocenters. The number of hydrogen-bond acceptors (Lipinski definition) is 8. The average Bonchev–Trinajstić information content (AvgIpc) is 3.42. The van der Waals surface area contributed by atoms with Crippen molar-refractivity contribution >= 4 is 31.6 Å². The van der Waals surface area contributed by atoms with Gasteiger partial charge in [-0.15, -0.1) is 0 Å². The maximum absolute atomic E-state index is 13.6. The molecule has 4 saturated heterocycles. The summed E-state index contributed by atoms with van der Waals surface area (Å²) in [4.78, 5) is 13.5. The molecule has 0 aromatic carbocycles. The van der Waals surface area contributed by atoms with Gasteiger partial charge in [-0.05, 0) is 108 Å². The first-order valence-corrected chi connectivity index (χ1v) is 19.9. The molecule has 2 aromatic heterocycles. The quantitative estimate of drug-likeness (QED) is 0.390. The highest BCUT2D eigenvalue weighted by molar-refractivity contribution is 7.89. The van der Waals surface area contributed by atoms with E-state index in [1.807, 2.05) is 7.05 Å². The number of hydrogen-bond donors (Lipinski definition) is 0. The van der Waals surface area contributed by atoms with Crippen molar-refractivity contribution in [2.45, 2.75) is 86.8 Å². The summed E-state index contributed by atoms with van der Waals surface area (Å²) >= 11 is 6.09. The molecule has 6 heterocycles. The molecule has 6 rings (SSSR count). The van der Waals surface area contributed by atoms with Gasteiger partial charge < -0.3 is 14.4 Å². The molecule has 0 N–H and O–H groups in total. The molecule has 4 fully saturated rings. The number of sulfonamides is 2. The van der Waals surface area contributed by atoms with Crippen molar-refractivity contribution in [1.82, 2.24) is 32.9 Å². The van der Waals surface area contributed by atoms with E-state index in [1.165, 1.54) is 29.4 Å². The molecule has 0 aliphatic carbocycles. The summed E-state index contributed by atoms with van der Waals surface area (Å²) in [5, 5.41) is 0.178. The number of imidazole rings is 1. The Morgan fingerprint density at radius 1 is 0.756 bits per heavy atom. The van der Waals surface area contributed by atoms with Gasteiger partial charge in [-0.2, -0.15) is 8.61 Å². The highest BCUT2D eigenvalue weighted by Crippen LogP contribution is 2.31. The summed E-state index contributed by atoms with van der Waals surface area (Å²) in [6.45, 7) is 8.57. The van der Waals surface area contributed by atoms with Crippen LogP contribution in [0.4, 0.5) is 0 Å². The van der Waals surface area contributed by atoms with Crippen molar-refractivity contribution in [1.29, 1.82) is 0 Å². The highest BCUT2D eigenvalue weighted by atomic mass is 35.5. The number of pyridine rings is 1. The monoisotopic (exact) mass is 681 g/mol. The zero-order valence-corrected chi connectivity index (χ0v) is 29.0. The standard InChI is InChI=1S/C31H48ClN7O4S2/c1-24-5-14-36(15-6-24)26-11-20-39(21-12-26)45(42,43)31-34-23-28(35(31)2)22-25-7-16-37(17-8-25)27-9-18-38(19-10-27)44(40,41)29-4-3-13-33-30(29)32/h3-4,13,23-27H,5-12,14-22H2,1-2H3. The summed E-state index contributed by atoms with van der Waals surface area (Å²) in [6, 6.07) is 3.96. The summed E-state index contributed by atoms with van der Waals surface area (Å²) in [5.41, 5.74) is 0.969. The molecule has 0 unspecified atom stereocenters. The van der Waals surface area contributed by atoms with Crippen molar-refractivity contribution in [2.75, 3.05) is 52.4 Å². The lowest BCUT2D eigenvalue weighted by atomic mass is 9.90. The van der Waals surface area contributed by atoms with Crippen LogP contribution in [0, 0.1) is 11.8 Å². The Hall–Kier alpha value is -1.61. The minimum absolute atomic E-state index is 0.0161. The fourth-order valence-corrected chi connectivity index (χ4v) is 11.2.